The predicted molar refractivity (Wildman–Crippen MR) is 118 cm³/mol. The number of nitrogens with one attached hydrogen (secondary N) is 3. The Morgan fingerprint density at radius 2 is 1.72 bits per heavy atom. The van der Waals surface area contributed by atoms with Crippen molar-refractivity contribution >= 4 is 37.7 Å². The molecule has 0 amide bonds. The Bertz CT molecular complexity index is 1210. The summed E-state index contributed by atoms with van der Waals surface area (Å²) in [4.78, 5) is 4.85. The first-order chi connectivity index (χ1) is 13.8. The minimum Gasteiger partial charge on any atom is -0.302 e. The van der Waals surface area contributed by atoms with E-state index in [9.17, 15) is 8.60 Å². The first kappa shape index (κ1) is 19.6. The van der Waals surface area contributed by atoms with Gasteiger partial charge >= 0.3 is 0 Å². The number of nitrogens with zero attached hydrogens (tertiary/aromatic N) is 2. The molecule has 152 valence electrons. The highest BCUT2D eigenvalue weighted by atomic mass is 32.2. The fourth-order valence-corrected chi connectivity index (χ4v) is 4.02. The van der Waals surface area contributed by atoms with E-state index in [0.717, 1.165) is 39.0 Å². The molecule has 29 heavy (non-hydrogen) atoms. The summed E-state index contributed by atoms with van der Waals surface area (Å²) < 4.78 is 30.9. The highest BCUT2D eigenvalue weighted by molar-refractivity contribution is 7.93. The summed E-state index contributed by atoms with van der Waals surface area (Å²) in [6.45, 7) is 5.98. The van der Waals surface area contributed by atoms with E-state index in [2.05, 4.69) is 34.6 Å². The highest BCUT2D eigenvalue weighted by Gasteiger charge is 2.21. The quantitative estimate of drug-likeness (QED) is 0.550. The number of hydrogen-bond donors (Lipinski definition) is 3. The Hall–Kier alpha value is -2.71. The van der Waals surface area contributed by atoms with Crippen LogP contribution in [-0.4, -0.2) is 21.2 Å². The van der Waals surface area contributed by atoms with Gasteiger partial charge in [-0.2, -0.15) is 4.36 Å². The SMILES string of the molecule is CCS(C)(=O)=Nc1nc(C(C)C)c(-c2ccc(F)cc2)c2cc3c(cc12)NNN3. The second-order valence-corrected chi connectivity index (χ2v) is 10.2. The van der Waals surface area contributed by atoms with Crippen LogP contribution < -0.4 is 16.4 Å². The molecular weight excluding hydrogens is 389 g/mol. The van der Waals surface area contributed by atoms with Crippen LogP contribution in [0.1, 0.15) is 32.4 Å². The molecule has 2 aromatic carbocycles. The van der Waals surface area contributed by atoms with E-state index in [1.165, 1.54) is 12.1 Å². The lowest BCUT2D eigenvalue weighted by Crippen LogP contribution is -2.19. The molecule has 0 bridgehead atoms. The van der Waals surface area contributed by atoms with Crippen LogP contribution in [0.5, 0.6) is 0 Å². The maximum atomic E-state index is 13.6. The van der Waals surface area contributed by atoms with Crippen molar-refractivity contribution in [1.29, 1.82) is 0 Å². The number of hydrogen-bond acceptors (Lipinski definition) is 6. The molecule has 1 aromatic heterocycles. The fourth-order valence-electron chi connectivity index (χ4n) is 3.39. The minimum atomic E-state index is -2.39. The van der Waals surface area contributed by atoms with Crippen LogP contribution >= 0.6 is 0 Å². The van der Waals surface area contributed by atoms with E-state index in [0.29, 0.717) is 11.6 Å². The lowest BCUT2D eigenvalue weighted by atomic mass is 9.92. The largest absolute Gasteiger partial charge is 0.302 e. The zero-order chi connectivity index (χ0) is 20.8. The molecule has 3 aromatic rings. The Morgan fingerprint density at radius 1 is 1.10 bits per heavy atom. The second-order valence-electron chi connectivity index (χ2n) is 7.51. The van der Waals surface area contributed by atoms with Gasteiger partial charge in [0.15, 0.2) is 5.82 Å². The van der Waals surface area contributed by atoms with Gasteiger partial charge < -0.3 is 10.9 Å². The van der Waals surface area contributed by atoms with Gasteiger partial charge in [-0.05, 0) is 41.1 Å². The Labute approximate surface area is 170 Å². The smallest absolute Gasteiger partial charge is 0.169 e. The van der Waals surface area contributed by atoms with E-state index >= 15 is 0 Å². The molecule has 0 radical (unpaired) electrons. The highest BCUT2D eigenvalue weighted by Crippen LogP contribution is 2.42. The summed E-state index contributed by atoms with van der Waals surface area (Å²) >= 11 is 0. The molecule has 1 unspecified atom stereocenters. The van der Waals surface area contributed by atoms with Gasteiger partial charge in [-0.15, -0.1) is 5.53 Å². The minimum absolute atomic E-state index is 0.0976. The summed E-state index contributed by atoms with van der Waals surface area (Å²) in [7, 11) is -2.39. The zero-order valence-electron chi connectivity index (χ0n) is 16.8. The van der Waals surface area contributed by atoms with E-state index in [-0.39, 0.29) is 11.7 Å². The van der Waals surface area contributed by atoms with Crippen LogP contribution in [0.3, 0.4) is 0 Å². The summed E-state index contributed by atoms with van der Waals surface area (Å²) in [5, 5.41) is 1.73. The summed E-state index contributed by atoms with van der Waals surface area (Å²) in [5.41, 5.74) is 13.4. The van der Waals surface area contributed by atoms with Gasteiger partial charge in [-0.25, -0.2) is 13.6 Å². The van der Waals surface area contributed by atoms with Crippen molar-refractivity contribution < 1.29 is 8.60 Å². The van der Waals surface area contributed by atoms with Crippen molar-refractivity contribution in [3.05, 3.63) is 47.9 Å². The number of fused-ring (bicyclic) bond motifs is 2. The molecular formula is C21H24FN5OS. The lowest BCUT2D eigenvalue weighted by Gasteiger charge is -2.18. The number of pyridine rings is 1. The molecule has 0 saturated heterocycles. The van der Waals surface area contributed by atoms with Crippen molar-refractivity contribution in [2.45, 2.75) is 26.7 Å². The molecule has 0 fully saturated rings. The van der Waals surface area contributed by atoms with Gasteiger partial charge in [0.2, 0.25) is 0 Å². The molecule has 6 nitrogen and oxygen atoms in total. The van der Waals surface area contributed by atoms with Gasteiger partial charge in [0.25, 0.3) is 0 Å². The van der Waals surface area contributed by atoms with Crippen LogP contribution in [0.2, 0.25) is 0 Å². The van der Waals surface area contributed by atoms with Gasteiger partial charge in [-0.3, -0.25) is 0 Å². The third-order valence-electron chi connectivity index (χ3n) is 5.04. The van der Waals surface area contributed by atoms with Crippen LogP contribution in [0, 0.1) is 5.82 Å². The third-order valence-corrected chi connectivity index (χ3v) is 6.67. The average molecular weight is 414 g/mol. The monoisotopic (exact) mass is 413 g/mol. The van der Waals surface area contributed by atoms with Crippen molar-refractivity contribution in [2.24, 2.45) is 4.36 Å². The number of aromatic nitrogens is 1. The lowest BCUT2D eigenvalue weighted by molar-refractivity contribution is 0.628. The summed E-state index contributed by atoms with van der Waals surface area (Å²) in [5.74, 6) is 0.730. The van der Waals surface area contributed by atoms with Crippen molar-refractivity contribution in [3.63, 3.8) is 0 Å². The second kappa shape index (κ2) is 7.27. The molecule has 3 N–H and O–H groups in total. The third kappa shape index (κ3) is 3.65. The number of benzene rings is 2. The molecule has 0 saturated carbocycles. The van der Waals surface area contributed by atoms with Crippen molar-refractivity contribution in [2.75, 3.05) is 22.9 Å². The van der Waals surface area contributed by atoms with Gasteiger partial charge in [-0.1, -0.05) is 32.9 Å². The molecule has 1 atom stereocenters. The van der Waals surface area contributed by atoms with E-state index < -0.39 is 9.73 Å². The first-order valence-corrected chi connectivity index (χ1v) is 11.6. The van der Waals surface area contributed by atoms with Crippen molar-refractivity contribution in [1.82, 2.24) is 10.5 Å². The van der Waals surface area contributed by atoms with Crippen LogP contribution in [0.25, 0.3) is 21.9 Å². The van der Waals surface area contributed by atoms with E-state index in [4.69, 9.17) is 4.98 Å². The topological polar surface area (TPSA) is 78.4 Å². The first-order valence-electron chi connectivity index (χ1n) is 9.53. The van der Waals surface area contributed by atoms with Gasteiger partial charge in [0.1, 0.15) is 5.82 Å². The average Bonchev–Trinajstić information content (AvgIpc) is 3.14. The van der Waals surface area contributed by atoms with Crippen LogP contribution in [-0.2, 0) is 9.73 Å². The zero-order valence-corrected chi connectivity index (χ0v) is 17.7. The van der Waals surface area contributed by atoms with Crippen LogP contribution in [0.4, 0.5) is 21.6 Å². The molecule has 4 rings (SSSR count). The maximum Gasteiger partial charge on any atom is 0.169 e. The van der Waals surface area contributed by atoms with Gasteiger partial charge in [0.05, 0.1) is 26.8 Å². The fraction of sp³-hybridized carbons (Fsp3) is 0.286. The molecule has 8 heteroatoms. The standard InChI is InChI=1S/C21H24FN5OS/c1-5-29(4,28)26-21-16-11-18-17(24-27-25-18)10-15(16)19(20(23-21)12(2)3)13-6-8-14(22)9-7-13/h6-12,24-25,27H,5H2,1-4H3. The van der Waals surface area contributed by atoms with E-state index in [1.54, 1.807) is 18.4 Å². The maximum absolute atomic E-state index is 13.6. The molecule has 1 aliphatic rings. The van der Waals surface area contributed by atoms with Crippen molar-refractivity contribution in [3.8, 4) is 11.1 Å². The molecule has 0 spiro atoms. The Balaban J connectivity index is 2.14. The number of anilines is 2. The van der Waals surface area contributed by atoms with E-state index in [1.807, 2.05) is 19.1 Å². The Morgan fingerprint density at radius 3 is 2.31 bits per heavy atom. The van der Waals surface area contributed by atoms with Gasteiger partial charge in [0, 0.05) is 23.0 Å². The molecule has 2 heterocycles. The normalized spacial score (nSPS) is 15.0. The summed E-state index contributed by atoms with van der Waals surface area (Å²) in [6, 6.07) is 10.4. The molecule has 1 aliphatic heterocycles. The van der Waals surface area contributed by atoms with Crippen LogP contribution in [0.15, 0.2) is 40.8 Å². The molecule has 0 aliphatic carbocycles. The predicted octanol–water partition coefficient (Wildman–Crippen LogP) is 5.17. The number of halogens is 1. The number of rotatable bonds is 4. The number of hydrazine groups is 2. The Kier molecular flexibility index (Phi) is 4.92. The summed E-state index contributed by atoms with van der Waals surface area (Å²) in [6.07, 6.45) is 1.65.